The standard InChI is InChI=1S/C15H16F3NS/c1-2-13(14-8-5-9-20-14)19-10-11-6-3-4-7-12(11)15(16,17)18/h3-9,13,19H,2,10H2,1H3. The summed E-state index contributed by atoms with van der Waals surface area (Å²) in [5.74, 6) is 0. The Kier molecular flexibility index (Phi) is 4.83. The van der Waals surface area contributed by atoms with Gasteiger partial charge < -0.3 is 5.32 Å². The molecule has 5 heteroatoms. The van der Waals surface area contributed by atoms with Crippen molar-refractivity contribution in [3.8, 4) is 0 Å². The number of hydrogen-bond donors (Lipinski definition) is 1. The third-order valence-electron chi connectivity index (χ3n) is 3.16. The van der Waals surface area contributed by atoms with E-state index in [0.29, 0.717) is 0 Å². The second-order valence-electron chi connectivity index (χ2n) is 4.51. The Hall–Kier alpha value is -1.33. The van der Waals surface area contributed by atoms with Gasteiger partial charge in [-0.05, 0) is 29.5 Å². The van der Waals surface area contributed by atoms with Gasteiger partial charge in [0.25, 0.3) is 0 Å². The molecule has 0 amide bonds. The topological polar surface area (TPSA) is 12.0 Å². The zero-order valence-electron chi connectivity index (χ0n) is 11.1. The lowest BCUT2D eigenvalue weighted by Gasteiger charge is -2.18. The third-order valence-corrected chi connectivity index (χ3v) is 4.14. The lowest BCUT2D eigenvalue weighted by atomic mass is 10.1. The summed E-state index contributed by atoms with van der Waals surface area (Å²) in [6.07, 6.45) is -3.46. The Bertz CT molecular complexity index is 534. The molecule has 1 N–H and O–H groups in total. The molecular formula is C15H16F3NS. The minimum Gasteiger partial charge on any atom is -0.305 e. The number of halogens is 3. The van der Waals surface area contributed by atoms with Gasteiger partial charge in [-0.15, -0.1) is 11.3 Å². The van der Waals surface area contributed by atoms with Crippen LogP contribution < -0.4 is 5.32 Å². The number of nitrogens with one attached hydrogen (secondary N) is 1. The first-order chi connectivity index (χ1) is 9.52. The van der Waals surface area contributed by atoms with Crippen LogP contribution in [0.5, 0.6) is 0 Å². The van der Waals surface area contributed by atoms with Crippen molar-refractivity contribution in [2.24, 2.45) is 0 Å². The monoisotopic (exact) mass is 299 g/mol. The molecule has 20 heavy (non-hydrogen) atoms. The van der Waals surface area contributed by atoms with E-state index in [-0.39, 0.29) is 18.2 Å². The smallest absolute Gasteiger partial charge is 0.305 e. The second-order valence-corrected chi connectivity index (χ2v) is 5.49. The average Bonchev–Trinajstić information content (AvgIpc) is 2.93. The highest BCUT2D eigenvalue weighted by atomic mass is 32.1. The Morgan fingerprint density at radius 3 is 2.50 bits per heavy atom. The van der Waals surface area contributed by atoms with Crippen LogP contribution in [-0.2, 0) is 12.7 Å². The molecule has 1 atom stereocenters. The maximum Gasteiger partial charge on any atom is 0.416 e. The minimum absolute atomic E-state index is 0.0938. The van der Waals surface area contributed by atoms with Gasteiger partial charge in [-0.1, -0.05) is 31.2 Å². The van der Waals surface area contributed by atoms with Crippen LogP contribution in [0.25, 0.3) is 0 Å². The van der Waals surface area contributed by atoms with Gasteiger partial charge in [-0.25, -0.2) is 0 Å². The summed E-state index contributed by atoms with van der Waals surface area (Å²) in [5.41, 5.74) is -0.275. The third kappa shape index (κ3) is 3.61. The summed E-state index contributed by atoms with van der Waals surface area (Å²) in [6.45, 7) is 2.24. The normalized spacial score (nSPS) is 13.4. The molecule has 2 rings (SSSR count). The van der Waals surface area contributed by atoms with Crippen LogP contribution in [-0.4, -0.2) is 0 Å². The predicted octanol–water partition coefficient (Wildman–Crippen LogP) is 5.01. The van der Waals surface area contributed by atoms with Gasteiger partial charge in [-0.3, -0.25) is 0 Å². The van der Waals surface area contributed by atoms with E-state index in [1.54, 1.807) is 17.4 Å². The average molecular weight is 299 g/mol. The maximum absolute atomic E-state index is 12.9. The second kappa shape index (κ2) is 6.41. The molecule has 0 fully saturated rings. The number of rotatable bonds is 5. The van der Waals surface area contributed by atoms with Crippen molar-refractivity contribution in [3.05, 3.63) is 57.8 Å². The molecule has 0 aliphatic carbocycles. The fourth-order valence-corrected chi connectivity index (χ4v) is 3.01. The number of thiophene rings is 1. The van der Waals surface area contributed by atoms with Crippen molar-refractivity contribution in [1.82, 2.24) is 5.32 Å². The fraction of sp³-hybridized carbons (Fsp3) is 0.333. The van der Waals surface area contributed by atoms with Gasteiger partial charge in [0.15, 0.2) is 0 Å². The van der Waals surface area contributed by atoms with E-state index in [1.807, 2.05) is 24.4 Å². The molecule has 0 saturated heterocycles. The highest BCUT2D eigenvalue weighted by molar-refractivity contribution is 7.10. The fourth-order valence-electron chi connectivity index (χ4n) is 2.12. The Balaban J connectivity index is 2.11. The first-order valence-corrected chi connectivity index (χ1v) is 7.32. The molecule has 1 unspecified atom stereocenters. The van der Waals surface area contributed by atoms with Crippen molar-refractivity contribution in [2.45, 2.75) is 32.1 Å². The van der Waals surface area contributed by atoms with Crippen molar-refractivity contribution >= 4 is 11.3 Å². The zero-order valence-corrected chi connectivity index (χ0v) is 11.9. The van der Waals surface area contributed by atoms with Crippen molar-refractivity contribution < 1.29 is 13.2 Å². The van der Waals surface area contributed by atoms with Crippen LogP contribution >= 0.6 is 11.3 Å². The summed E-state index contributed by atoms with van der Waals surface area (Å²) < 4.78 is 38.7. The molecule has 1 aromatic carbocycles. The van der Waals surface area contributed by atoms with Crippen molar-refractivity contribution in [3.63, 3.8) is 0 Å². The van der Waals surface area contributed by atoms with Crippen LogP contribution in [0.4, 0.5) is 13.2 Å². The molecule has 1 heterocycles. The number of alkyl halides is 3. The van der Waals surface area contributed by atoms with E-state index in [2.05, 4.69) is 5.32 Å². The van der Waals surface area contributed by atoms with Crippen molar-refractivity contribution in [1.29, 1.82) is 0 Å². The highest BCUT2D eigenvalue weighted by Gasteiger charge is 2.32. The van der Waals surface area contributed by atoms with Crippen LogP contribution in [0.3, 0.4) is 0 Å². The molecular weight excluding hydrogens is 283 g/mol. The van der Waals surface area contributed by atoms with Crippen LogP contribution in [0.2, 0.25) is 0 Å². The van der Waals surface area contributed by atoms with Crippen LogP contribution in [0.15, 0.2) is 41.8 Å². The van der Waals surface area contributed by atoms with Gasteiger partial charge in [0.05, 0.1) is 5.56 Å². The quantitative estimate of drug-likeness (QED) is 0.818. The minimum atomic E-state index is -4.30. The lowest BCUT2D eigenvalue weighted by Crippen LogP contribution is -2.21. The van der Waals surface area contributed by atoms with E-state index < -0.39 is 11.7 Å². The first-order valence-electron chi connectivity index (χ1n) is 6.44. The molecule has 1 aromatic heterocycles. The van der Waals surface area contributed by atoms with Gasteiger partial charge in [0.2, 0.25) is 0 Å². The van der Waals surface area contributed by atoms with Crippen molar-refractivity contribution in [2.75, 3.05) is 0 Å². The van der Waals surface area contributed by atoms with Gasteiger partial charge in [-0.2, -0.15) is 13.2 Å². The predicted molar refractivity (Wildman–Crippen MR) is 75.6 cm³/mol. The SMILES string of the molecule is CCC(NCc1ccccc1C(F)(F)F)c1cccs1. The van der Waals surface area contributed by atoms with Crippen LogP contribution in [0.1, 0.15) is 35.4 Å². The zero-order chi connectivity index (χ0) is 14.6. The van der Waals surface area contributed by atoms with Gasteiger partial charge in [0.1, 0.15) is 0 Å². The molecule has 0 bridgehead atoms. The Morgan fingerprint density at radius 2 is 1.90 bits per heavy atom. The van der Waals surface area contributed by atoms with Gasteiger partial charge >= 0.3 is 6.18 Å². The van der Waals surface area contributed by atoms with E-state index in [9.17, 15) is 13.2 Å². The lowest BCUT2D eigenvalue weighted by molar-refractivity contribution is -0.138. The summed E-state index contributed by atoms with van der Waals surface area (Å²) in [7, 11) is 0. The number of benzene rings is 1. The Labute approximate surface area is 120 Å². The molecule has 0 spiro atoms. The molecule has 1 nitrogen and oxygen atoms in total. The molecule has 0 aliphatic rings. The van der Waals surface area contributed by atoms with Crippen LogP contribution in [0, 0.1) is 0 Å². The first kappa shape index (κ1) is 15.1. The van der Waals surface area contributed by atoms with E-state index >= 15 is 0 Å². The summed E-state index contributed by atoms with van der Waals surface area (Å²) in [6, 6.07) is 9.76. The summed E-state index contributed by atoms with van der Waals surface area (Å²) >= 11 is 1.62. The molecule has 108 valence electrons. The molecule has 0 radical (unpaired) electrons. The van der Waals surface area contributed by atoms with E-state index in [1.165, 1.54) is 12.1 Å². The van der Waals surface area contributed by atoms with E-state index in [0.717, 1.165) is 17.4 Å². The largest absolute Gasteiger partial charge is 0.416 e. The molecule has 2 aromatic rings. The number of hydrogen-bond acceptors (Lipinski definition) is 2. The Morgan fingerprint density at radius 1 is 1.15 bits per heavy atom. The molecule has 0 aliphatic heterocycles. The summed E-state index contributed by atoms with van der Waals surface area (Å²) in [5, 5.41) is 5.19. The van der Waals surface area contributed by atoms with E-state index in [4.69, 9.17) is 0 Å². The highest BCUT2D eigenvalue weighted by Crippen LogP contribution is 2.32. The maximum atomic E-state index is 12.9. The van der Waals surface area contributed by atoms with Gasteiger partial charge in [0, 0.05) is 17.5 Å². The summed E-state index contributed by atoms with van der Waals surface area (Å²) in [4.78, 5) is 1.15. The molecule has 0 saturated carbocycles.